The number of benzene rings is 3. The third-order valence-electron chi connectivity index (χ3n) is 5.75. The molecule has 11 nitrogen and oxygen atoms in total. The second-order valence-corrected chi connectivity index (χ2v) is 9.00. The molecule has 0 bridgehead atoms. The summed E-state index contributed by atoms with van der Waals surface area (Å²) in [6.45, 7) is 0. The zero-order chi connectivity index (χ0) is 27.4. The molecule has 0 spiro atoms. The Balaban J connectivity index is 1.53. The number of anilines is 4. The highest BCUT2D eigenvalue weighted by Gasteiger charge is 2.18. The Morgan fingerprint density at radius 3 is 2.15 bits per heavy atom. The smallest absolute Gasteiger partial charge is 0.264 e. The Kier molecular flexibility index (Phi) is 7.55. The molecule has 2 heterocycles. The first-order chi connectivity index (χ1) is 19.0. The zero-order valence-electron chi connectivity index (χ0n) is 22.0. The maximum Gasteiger partial charge on any atom is 0.264 e. The first-order valence-corrected chi connectivity index (χ1v) is 12.6. The monoisotopic (exact) mass is 546 g/mol. The van der Waals surface area contributed by atoms with E-state index in [2.05, 4.69) is 25.3 Å². The fourth-order valence-electron chi connectivity index (χ4n) is 3.76. The summed E-state index contributed by atoms with van der Waals surface area (Å²) >= 11 is 1.20. The average molecular weight is 547 g/mol. The molecule has 2 aromatic heterocycles. The molecular weight excluding hydrogens is 520 g/mol. The predicted octanol–water partition coefficient (Wildman–Crippen LogP) is 5.71. The molecule has 0 aliphatic carbocycles. The van der Waals surface area contributed by atoms with E-state index >= 15 is 0 Å². The van der Waals surface area contributed by atoms with Gasteiger partial charge in [-0.3, -0.25) is 0 Å². The van der Waals surface area contributed by atoms with Gasteiger partial charge >= 0.3 is 0 Å². The van der Waals surface area contributed by atoms with Crippen molar-refractivity contribution in [2.24, 2.45) is 0 Å². The molecule has 3 aromatic carbocycles. The number of rotatable bonds is 10. The number of ether oxygens (including phenoxy) is 4. The SMILES string of the molecule is COc1ccc(Nc2nc(Sc3nc4ccccc4o3)nc(N(C)c3ccc(OC)c(OC)c3)n2)cc1OC. The van der Waals surface area contributed by atoms with E-state index in [9.17, 15) is 0 Å². The lowest BCUT2D eigenvalue weighted by Crippen LogP contribution is -2.15. The van der Waals surface area contributed by atoms with Crippen molar-refractivity contribution < 1.29 is 23.4 Å². The van der Waals surface area contributed by atoms with E-state index in [-0.39, 0.29) is 0 Å². The van der Waals surface area contributed by atoms with Crippen LogP contribution in [0.2, 0.25) is 0 Å². The Labute approximate surface area is 229 Å². The van der Waals surface area contributed by atoms with Gasteiger partial charge in [0.2, 0.25) is 17.1 Å². The van der Waals surface area contributed by atoms with Gasteiger partial charge in [-0.25, -0.2) is 4.98 Å². The van der Waals surface area contributed by atoms with Gasteiger partial charge in [-0.15, -0.1) is 0 Å². The largest absolute Gasteiger partial charge is 0.493 e. The average Bonchev–Trinajstić information content (AvgIpc) is 3.38. The number of hydrogen-bond donors (Lipinski definition) is 1. The Morgan fingerprint density at radius 1 is 0.744 bits per heavy atom. The minimum absolute atomic E-state index is 0.318. The van der Waals surface area contributed by atoms with Crippen LogP contribution in [-0.4, -0.2) is 55.4 Å². The second kappa shape index (κ2) is 11.4. The van der Waals surface area contributed by atoms with E-state index < -0.39 is 0 Å². The maximum atomic E-state index is 5.88. The van der Waals surface area contributed by atoms with Gasteiger partial charge in [0, 0.05) is 42.3 Å². The van der Waals surface area contributed by atoms with Crippen LogP contribution in [0.1, 0.15) is 0 Å². The van der Waals surface area contributed by atoms with Crippen LogP contribution in [0.4, 0.5) is 23.3 Å². The number of fused-ring (bicyclic) bond motifs is 1. The van der Waals surface area contributed by atoms with Gasteiger partial charge in [0.1, 0.15) is 5.52 Å². The summed E-state index contributed by atoms with van der Waals surface area (Å²) in [6, 6.07) is 18.5. The number of oxazole rings is 1. The maximum absolute atomic E-state index is 5.88. The highest BCUT2D eigenvalue weighted by Crippen LogP contribution is 2.35. The van der Waals surface area contributed by atoms with Gasteiger partial charge in [0.05, 0.1) is 28.4 Å². The van der Waals surface area contributed by atoms with Crippen molar-refractivity contribution in [3.05, 3.63) is 60.7 Å². The number of nitrogens with zero attached hydrogens (tertiary/aromatic N) is 5. The van der Waals surface area contributed by atoms with Crippen LogP contribution >= 0.6 is 11.8 Å². The summed E-state index contributed by atoms with van der Waals surface area (Å²) in [7, 11) is 8.20. The van der Waals surface area contributed by atoms with Crippen molar-refractivity contribution in [1.82, 2.24) is 19.9 Å². The van der Waals surface area contributed by atoms with E-state index in [4.69, 9.17) is 23.4 Å². The van der Waals surface area contributed by atoms with Crippen molar-refractivity contribution in [2.45, 2.75) is 10.4 Å². The van der Waals surface area contributed by atoms with Crippen LogP contribution in [0.15, 0.2) is 75.5 Å². The van der Waals surface area contributed by atoms with Gasteiger partial charge in [-0.1, -0.05) is 12.1 Å². The summed E-state index contributed by atoms with van der Waals surface area (Å²) in [5.74, 6) is 3.09. The van der Waals surface area contributed by atoms with Crippen molar-refractivity contribution >= 4 is 46.1 Å². The predicted molar refractivity (Wildman–Crippen MR) is 148 cm³/mol. The minimum atomic E-state index is 0.318. The molecule has 12 heteroatoms. The summed E-state index contributed by atoms with van der Waals surface area (Å²) in [4.78, 5) is 20.3. The van der Waals surface area contributed by atoms with Crippen LogP contribution < -0.4 is 29.2 Å². The molecule has 1 N–H and O–H groups in total. The van der Waals surface area contributed by atoms with Crippen LogP contribution in [0.3, 0.4) is 0 Å². The normalized spacial score (nSPS) is 10.8. The number of aromatic nitrogens is 4. The molecule has 39 heavy (non-hydrogen) atoms. The Hall–Kier alpha value is -4.71. The van der Waals surface area contributed by atoms with Crippen LogP contribution in [0, 0.1) is 0 Å². The summed E-state index contributed by atoms with van der Waals surface area (Å²) in [6.07, 6.45) is 0. The minimum Gasteiger partial charge on any atom is -0.493 e. The van der Waals surface area contributed by atoms with Gasteiger partial charge in [0.15, 0.2) is 28.6 Å². The molecule has 0 saturated carbocycles. The van der Waals surface area contributed by atoms with Gasteiger partial charge < -0.3 is 33.6 Å². The quantitative estimate of drug-likeness (QED) is 0.231. The molecule has 5 rings (SSSR count). The van der Waals surface area contributed by atoms with Crippen molar-refractivity contribution in [3.8, 4) is 23.0 Å². The lowest BCUT2D eigenvalue weighted by molar-refractivity contribution is 0.355. The Morgan fingerprint density at radius 2 is 1.44 bits per heavy atom. The number of methoxy groups -OCH3 is 4. The van der Waals surface area contributed by atoms with E-state index in [0.717, 1.165) is 11.2 Å². The van der Waals surface area contributed by atoms with Gasteiger partial charge in [-0.2, -0.15) is 15.0 Å². The highest BCUT2D eigenvalue weighted by atomic mass is 32.2. The van der Waals surface area contributed by atoms with Gasteiger partial charge in [-0.05, 0) is 36.4 Å². The van der Waals surface area contributed by atoms with Crippen LogP contribution in [0.25, 0.3) is 11.1 Å². The molecule has 0 aliphatic rings. The number of hydrogen-bond acceptors (Lipinski definition) is 12. The third-order valence-corrected chi connectivity index (χ3v) is 6.46. The molecule has 0 fully saturated rings. The molecule has 0 radical (unpaired) electrons. The lowest BCUT2D eigenvalue weighted by atomic mass is 10.2. The first kappa shape index (κ1) is 25.9. The molecular formula is C27H26N6O5S. The fraction of sp³-hybridized carbons (Fsp3) is 0.185. The molecule has 0 unspecified atom stereocenters. The summed E-state index contributed by atoms with van der Waals surface area (Å²) < 4.78 is 27.5. The van der Waals surface area contributed by atoms with Crippen LogP contribution in [0.5, 0.6) is 23.0 Å². The van der Waals surface area contributed by atoms with Crippen molar-refractivity contribution in [1.29, 1.82) is 0 Å². The lowest BCUT2D eigenvalue weighted by Gasteiger charge is -2.20. The standard InChI is InChI=1S/C27H26N6O5S/c1-33(17-11-13-21(35-3)23(15-17)37-5)25-30-24(28-16-10-12-20(34-2)22(14-16)36-4)31-26(32-25)39-27-29-18-8-6-7-9-19(18)38-27/h6-15H,1-5H3,(H,28,30,31,32). The third kappa shape index (κ3) is 5.60. The molecule has 200 valence electrons. The second-order valence-electron chi connectivity index (χ2n) is 8.08. The van der Waals surface area contributed by atoms with E-state index in [0.29, 0.717) is 56.5 Å². The van der Waals surface area contributed by atoms with Gasteiger partial charge in [0.25, 0.3) is 5.22 Å². The Bertz CT molecular complexity index is 1580. The van der Waals surface area contributed by atoms with E-state index in [1.807, 2.05) is 60.5 Å². The molecule has 0 aliphatic heterocycles. The summed E-state index contributed by atoms with van der Waals surface area (Å²) in [5, 5.41) is 4.04. The molecule has 0 atom stereocenters. The fourth-order valence-corrected chi connectivity index (χ4v) is 4.45. The molecule has 0 amide bonds. The van der Waals surface area contributed by atoms with E-state index in [1.54, 1.807) is 40.6 Å². The van der Waals surface area contributed by atoms with Crippen molar-refractivity contribution in [3.63, 3.8) is 0 Å². The highest BCUT2D eigenvalue weighted by molar-refractivity contribution is 7.99. The molecule has 5 aromatic rings. The van der Waals surface area contributed by atoms with Crippen LogP contribution in [-0.2, 0) is 0 Å². The summed E-state index contributed by atoms with van der Waals surface area (Å²) in [5.41, 5.74) is 2.92. The topological polar surface area (TPSA) is 117 Å². The van der Waals surface area contributed by atoms with E-state index in [1.165, 1.54) is 11.8 Å². The van der Waals surface area contributed by atoms with Crippen molar-refractivity contribution in [2.75, 3.05) is 45.7 Å². The number of para-hydroxylation sites is 2. The first-order valence-electron chi connectivity index (χ1n) is 11.8. The number of nitrogens with one attached hydrogen (secondary N) is 1. The molecule has 0 saturated heterocycles. The zero-order valence-corrected chi connectivity index (χ0v) is 22.8.